The van der Waals surface area contributed by atoms with Gasteiger partial charge in [0.2, 0.25) is 0 Å². The molecule has 2 rings (SSSR count). The van der Waals surface area contributed by atoms with E-state index in [9.17, 15) is 4.79 Å². The Bertz CT molecular complexity index is 470. The van der Waals surface area contributed by atoms with Gasteiger partial charge in [-0.15, -0.1) is 0 Å². The van der Waals surface area contributed by atoms with E-state index in [0.717, 1.165) is 19.6 Å². The normalized spacial score (nSPS) is 16.9. The number of amides is 1. The van der Waals surface area contributed by atoms with Crippen molar-refractivity contribution in [3.8, 4) is 5.75 Å². The molecule has 1 aliphatic rings. The summed E-state index contributed by atoms with van der Waals surface area (Å²) in [4.78, 5) is 14.6. The van der Waals surface area contributed by atoms with Crippen molar-refractivity contribution in [2.24, 2.45) is 0 Å². The van der Waals surface area contributed by atoms with Gasteiger partial charge in [0.15, 0.2) is 0 Å². The monoisotopic (exact) mass is 277 g/mol. The Morgan fingerprint density at radius 1 is 1.45 bits per heavy atom. The van der Waals surface area contributed by atoms with E-state index in [1.54, 1.807) is 25.3 Å². The molecule has 1 unspecified atom stereocenters. The lowest BCUT2D eigenvalue weighted by Crippen LogP contribution is -2.41. The van der Waals surface area contributed by atoms with E-state index in [-0.39, 0.29) is 11.9 Å². The maximum absolute atomic E-state index is 12.2. The highest BCUT2D eigenvalue weighted by molar-refractivity contribution is 5.99. The Kier molecular flexibility index (Phi) is 4.84. The van der Waals surface area contributed by atoms with E-state index in [4.69, 9.17) is 10.5 Å². The minimum atomic E-state index is -0.128. The van der Waals surface area contributed by atoms with Gasteiger partial charge in [-0.05, 0) is 45.0 Å². The highest BCUT2D eigenvalue weighted by Gasteiger charge is 2.17. The van der Waals surface area contributed by atoms with Crippen LogP contribution in [0.1, 0.15) is 30.1 Å². The first-order valence-corrected chi connectivity index (χ1v) is 7.07. The smallest absolute Gasteiger partial charge is 0.253 e. The molecule has 5 nitrogen and oxygen atoms in total. The first kappa shape index (κ1) is 14.7. The van der Waals surface area contributed by atoms with Crippen molar-refractivity contribution in [1.29, 1.82) is 0 Å². The SMILES string of the molecule is COc1ccc(C(=O)NC(C)CN2CCCC2)c(N)c1. The second-order valence-corrected chi connectivity index (χ2v) is 5.34. The molecule has 0 saturated carbocycles. The summed E-state index contributed by atoms with van der Waals surface area (Å²) in [6, 6.07) is 5.23. The number of carbonyl (C=O) groups excluding carboxylic acids is 1. The molecule has 20 heavy (non-hydrogen) atoms. The lowest BCUT2D eigenvalue weighted by Gasteiger charge is -2.21. The summed E-state index contributed by atoms with van der Waals surface area (Å²) >= 11 is 0. The van der Waals surface area contributed by atoms with Gasteiger partial charge in [-0.2, -0.15) is 0 Å². The van der Waals surface area contributed by atoms with Crippen LogP contribution < -0.4 is 15.8 Å². The van der Waals surface area contributed by atoms with Crippen LogP contribution in [0.2, 0.25) is 0 Å². The molecule has 1 amide bonds. The molecule has 1 atom stereocenters. The number of anilines is 1. The fourth-order valence-corrected chi connectivity index (χ4v) is 2.57. The maximum atomic E-state index is 12.2. The van der Waals surface area contributed by atoms with Crippen molar-refractivity contribution in [3.63, 3.8) is 0 Å². The zero-order chi connectivity index (χ0) is 14.5. The van der Waals surface area contributed by atoms with E-state index in [0.29, 0.717) is 17.0 Å². The minimum absolute atomic E-state index is 0.113. The maximum Gasteiger partial charge on any atom is 0.253 e. The van der Waals surface area contributed by atoms with Gasteiger partial charge >= 0.3 is 0 Å². The fraction of sp³-hybridized carbons (Fsp3) is 0.533. The summed E-state index contributed by atoms with van der Waals surface area (Å²) in [6.07, 6.45) is 2.51. The number of hydrogen-bond acceptors (Lipinski definition) is 4. The largest absolute Gasteiger partial charge is 0.497 e. The average molecular weight is 277 g/mol. The zero-order valence-electron chi connectivity index (χ0n) is 12.2. The van der Waals surface area contributed by atoms with Crippen molar-refractivity contribution in [2.45, 2.75) is 25.8 Å². The van der Waals surface area contributed by atoms with Crippen LogP contribution in [-0.2, 0) is 0 Å². The number of carbonyl (C=O) groups is 1. The molecule has 5 heteroatoms. The second kappa shape index (κ2) is 6.61. The summed E-state index contributed by atoms with van der Waals surface area (Å²) in [7, 11) is 1.58. The van der Waals surface area contributed by atoms with Gasteiger partial charge in [-0.1, -0.05) is 0 Å². The molecule has 0 aromatic heterocycles. The number of nitrogens with two attached hydrogens (primary N) is 1. The molecule has 1 fully saturated rings. The molecule has 1 aromatic rings. The predicted molar refractivity (Wildman–Crippen MR) is 80.0 cm³/mol. The predicted octanol–water partition coefficient (Wildman–Crippen LogP) is 1.49. The Hall–Kier alpha value is -1.75. The van der Waals surface area contributed by atoms with Crippen molar-refractivity contribution >= 4 is 11.6 Å². The molecule has 1 heterocycles. The number of hydrogen-bond donors (Lipinski definition) is 2. The van der Waals surface area contributed by atoms with E-state index in [2.05, 4.69) is 10.2 Å². The molecule has 1 saturated heterocycles. The number of likely N-dealkylation sites (tertiary alicyclic amines) is 1. The van der Waals surface area contributed by atoms with Crippen LogP contribution in [0.15, 0.2) is 18.2 Å². The van der Waals surface area contributed by atoms with E-state index in [1.165, 1.54) is 12.8 Å². The molecular weight excluding hydrogens is 254 g/mol. The van der Waals surface area contributed by atoms with Gasteiger partial charge in [0.05, 0.1) is 12.7 Å². The molecule has 0 spiro atoms. The van der Waals surface area contributed by atoms with Crippen LogP contribution in [0.4, 0.5) is 5.69 Å². The van der Waals surface area contributed by atoms with Crippen LogP contribution in [0.5, 0.6) is 5.75 Å². The quantitative estimate of drug-likeness (QED) is 0.800. The number of nitrogens with zero attached hydrogens (tertiary/aromatic N) is 1. The number of nitrogen functional groups attached to an aromatic ring is 1. The van der Waals surface area contributed by atoms with Crippen LogP contribution in [0.25, 0.3) is 0 Å². The molecule has 0 radical (unpaired) electrons. The van der Waals surface area contributed by atoms with Gasteiger partial charge in [0, 0.05) is 24.3 Å². The van der Waals surface area contributed by atoms with Gasteiger partial charge < -0.3 is 20.7 Å². The number of rotatable bonds is 5. The third-order valence-electron chi connectivity index (χ3n) is 3.61. The summed E-state index contributed by atoms with van der Waals surface area (Å²) in [5, 5.41) is 3.00. The van der Waals surface area contributed by atoms with Crippen LogP contribution in [0, 0.1) is 0 Å². The minimum Gasteiger partial charge on any atom is -0.497 e. The Morgan fingerprint density at radius 3 is 2.75 bits per heavy atom. The Labute approximate surface area is 120 Å². The highest BCUT2D eigenvalue weighted by Crippen LogP contribution is 2.19. The number of nitrogens with one attached hydrogen (secondary N) is 1. The third-order valence-corrected chi connectivity index (χ3v) is 3.61. The summed E-state index contributed by atoms with van der Waals surface area (Å²) < 4.78 is 5.08. The van der Waals surface area contributed by atoms with E-state index < -0.39 is 0 Å². The average Bonchev–Trinajstić information content (AvgIpc) is 2.90. The summed E-state index contributed by atoms with van der Waals surface area (Å²) in [6.45, 7) is 5.17. The highest BCUT2D eigenvalue weighted by atomic mass is 16.5. The third kappa shape index (κ3) is 3.63. The molecule has 1 aromatic carbocycles. The number of methoxy groups -OCH3 is 1. The topological polar surface area (TPSA) is 67.6 Å². The van der Waals surface area contributed by atoms with E-state index in [1.807, 2.05) is 6.92 Å². The molecule has 1 aliphatic heterocycles. The first-order chi connectivity index (χ1) is 9.60. The van der Waals surface area contributed by atoms with Gasteiger partial charge in [0.1, 0.15) is 5.75 Å². The molecule has 0 bridgehead atoms. The molecule has 110 valence electrons. The fourth-order valence-electron chi connectivity index (χ4n) is 2.57. The van der Waals surface area contributed by atoms with Crippen LogP contribution >= 0.6 is 0 Å². The van der Waals surface area contributed by atoms with Gasteiger partial charge in [-0.25, -0.2) is 0 Å². The van der Waals surface area contributed by atoms with Crippen molar-refractivity contribution < 1.29 is 9.53 Å². The summed E-state index contributed by atoms with van der Waals surface area (Å²) in [5.41, 5.74) is 6.83. The van der Waals surface area contributed by atoms with Crippen molar-refractivity contribution in [3.05, 3.63) is 23.8 Å². The molecule has 0 aliphatic carbocycles. The Morgan fingerprint density at radius 2 is 2.15 bits per heavy atom. The number of ether oxygens (including phenoxy) is 1. The standard InChI is InChI=1S/C15H23N3O2/c1-11(10-18-7-3-4-8-18)17-15(19)13-6-5-12(20-2)9-14(13)16/h5-6,9,11H,3-4,7-8,10,16H2,1-2H3,(H,17,19). The van der Waals surface area contributed by atoms with Crippen molar-refractivity contribution in [2.75, 3.05) is 32.5 Å². The lowest BCUT2D eigenvalue weighted by atomic mass is 10.1. The van der Waals surface area contributed by atoms with Crippen LogP contribution in [-0.4, -0.2) is 43.6 Å². The van der Waals surface area contributed by atoms with Crippen molar-refractivity contribution in [1.82, 2.24) is 10.2 Å². The van der Waals surface area contributed by atoms with Gasteiger partial charge in [-0.3, -0.25) is 4.79 Å². The summed E-state index contributed by atoms with van der Waals surface area (Å²) in [5.74, 6) is 0.529. The molecular formula is C15H23N3O2. The Balaban J connectivity index is 1.93. The lowest BCUT2D eigenvalue weighted by molar-refractivity contribution is 0.0933. The second-order valence-electron chi connectivity index (χ2n) is 5.34. The first-order valence-electron chi connectivity index (χ1n) is 7.07. The zero-order valence-corrected chi connectivity index (χ0v) is 12.2. The van der Waals surface area contributed by atoms with Crippen LogP contribution in [0.3, 0.4) is 0 Å². The van der Waals surface area contributed by atoms with Gasteiger partial charge in [0.25, 0.3) is 5.91 Å². The molecule has 3 N–H and O–H groups in total. The van der Waals surface area contributed by atoms with E-state index >= 15 is 0 Å². The number of benzene rings is 1.